The molecule has 0 unspecified atom stereocenters. The van der Waals surface area contributed by atoms with E-state index in [0.29, 0.717) is 5.20 Å². The van der Waals surface area contributed by atoms with Crippen LogP contribution in [0.5, 0.6) is 0 Å². The number of rotatable bonds is 9. The van der Waals surface area contributed by atoms with E-state index in [2.05, 4.69) is 26.5 Å². The molecule has 0 amide bonds. The zero-order valence-corrected chi connectivity index (χ0v) is 19.9. The summed E-state index contributed by atoms with van der Waals surface area (Å²) in [5, 5.41) is 13.8. The summed E-state index contributed by atoms with van der Waals surface area (Å²) in [5.74, 6) is -0.709. The summed E-state index contributed by atoms with van der Waals surface area (Å²) in [6.45, 7) is 13.6. The minimum atomic E-state index is -2.10. The molecule has 1 aromatic rings. The van der Waals surface area contributed by atoms with Crippen LogP contribution in [0.25, 0.3) is 0 Å². The Balaban J connectivity index is 3.64. The highest BCUT2D eigenvalue weighted by Gasteiger charge is 2.38. The molecule has 0 spiro atoms. The minimum Gasteiger partial charge on any atom is -0.456 e. The predicted octanol–water partition coefficient (Wildman–Crippen LogP) is 5.97. The molecule has 7 heteroatoms. The molecule has 5 nitrogen and oxygen atoms in total. The molecular weight excluding hydrogens is 390 g/mol. The van der Waals surface area contributed by atoms with Crippen molar-refractivity contribution in [2.24, 2.45) is 0 Å². The van der Waals surface area contributed by atoms with Crippen LogP contribution >= 0.6 is 11.3 Å². The molecule has 0 aliphatic rings. The fourth-order valence-corrected chi connectivity index (χ4v) is 7.77. The Bertz CT molecular complexity index is 731. The number of ether oxygens (including phenoxy) is 1. The Hall–Kier alpha value is -1.69. The molecule has 0 aliphatic carbocycles. The molecule has 0 aromatic carbocycles. The quantitative estimate of drug-likeness (QED) is 0.122. The molecule has 28 heavy (non-hydrogen) atoms. The third kappa shape index (κ3) is 6.43. The van der Waals surface area contributed by atoms with Gasteiger partial charge >= 0.3 is 5.97 Å². The molecule has 1 atom stereocenters. The highest BCUT2D eigenvalue weighted by atomic mass is 32.1. The zero-order valence-electron chi connectivity index (χ0n) is 18.1. The average molecular weight is 424 g/mol. The van der Waals surface area contributed by atoms with E-state index in [-0.39, 0.29) is 23.4 Å². The third-order valence-electron chi connectivity index (χ3n) is 5.23. The van der Waals surface area contributed by atoms with E-state index < -0.39 is 13.7 Å². The van der Waals surface area contributed by atoms with Crippen molar-refractivity contribution in [3.05, 3.63) is 49.0 Å². The van der Waals surface area contributed by atoms with Gasteiger partial charge in [-0.15, -0.1) is 17.1 Å². The van der Waals surface area contributed by atoms with Crippen molar-refractivity contribution in [3.63, 3.8) is 0 Å². The second-order valence-electron chi connectivity index (χ2n) is 8.11. The SMILES string of the molecule is CC[Si](CC)(CC)C(=C=C(C)[C@@H](C[N+](=O)[O-])c1cccs1)C(=O)OC(C)(C)C. The lowest BCUT2D eigenvalue weighted by Gasteiger charge is -2.31. The lowest BCUT2D eigenvalue weighted by molar-refractivity contribution is -0.481. The topological polar surface area (TPSA) is 69.4 Å². The van der Waals surface area contributed by atoms with Crippen LogP contribution < -0.4 is 0 Å². The van der Waals surface area contributed by atoms with Gasteiger partial charge in [-0.1, -0.05) is 45.0 Å². The molecule has 1 rings (SSSR count). The summed E-state index contributed by atoms with van der Waals surface area (Å²) >= 11 is 1.49. The number of esters is 1. The second kappa shape index (κ2) is 10.2. The van der Waals surface area contributed by atoms with Gasteiger partial charge in [0.05, 0.1) is 11.1 Å². The van der Waals surface area contributed by atoms with Gasteiger partial charge in [0, 0.05) is 9.80 Å². The third-order valence-corrected chi connectivity index (χ3v) is 11.7. The van der Waals surface area contributed by atoms with Gasteiger partial charge in [0.25, 0.3) is 0 Å². The Morgan fingerprint density at radius 3 is 2.25 bits per heavy atom. The minimum absolute atomic E-state index is 0.208. The van der Waals surface area contributed by atoms with Gasteiger partial charge in [0.1, 0.15) is 13.7 Å². The Kier molecular flexibility index (Phi) is 8.86. The average Bonchev–Trinajstić information content (AvgIpc) is 3.13. The molecule has 0 aliphatic heterocycles. The van der Waals surface area contributed by atoms with E-state index in [1.807, 2.05) is 45.2 Å². The molecular formula is C21H33NO4SSi. The molecule has 0 radical (unpaired) electrons. The van der Waals surface area contributed by atoms with Crippen molar-refractivity contribution >= 4 is 25.4 Å². The van der Waals surface area contributed by atoms with Gasteiger partial charge in [0.2, 0.25) is 6.54 Å². The van der Waals surface area contributed by atoms with Gasteiger partial charge in [-0.05, 0) is 44.7 Å². The van der Waals surface area contributed by atoms with Gasteiger partial charge in [-0.2, -0.15) is 0 Å². The first-order valence-electron chi connectivity index (χ1n) is 9.86. The summed E-state index contributed by atoms with van der Waals surface area (Å²) < 4.78 is 5.72. The molecule has 156 valence electrons. The van der Waals surface area contributed by atoms with E-state index in [1.54, 1.807) is 0 Å². The van der Waals surface area contributed by atoms with E-state index in [1.165, 1.54) is 11.3 Å². The van der Waals surface area contributed by atoms with Crippen LogP contribution in [-0.2, 0) is 9.53 Å². The summed E-state index contributed by atoms with van der Waals surface area (Å²) in [7, 11) is -2.10. The van der Waals surface area contributed by atoms with Crippen molar-refractivity contribution in [1.82, 2.24) is 0 Å². The Morgan fingerprint density at radius 1 is 1.29 bits per heavy atom. The van der Waals surface area contributed by atoms with Crippen LogP contribution in [0.15, 0.2) is 34.0 Å². The second-order valence-corrected chi connectivity index (χ2v) is 14.3. The molecule has 0 N–H and O–H groups in total. The Labute approximate surface area is 173 Å². The number of thiophene rings is 1. The molecule has 1 heterocycles. The van der Waals surface area contributed by atoms with Crippen molar-refractivity contribution in [1.29, 1.82) is 0 Å². The van der Waals surface area contributed by atoms with Crippen molar-refractivity contribution in [3.8, 4) is 0 Å². The van der Waals surface area contributed by atoms with E-state index >= 15 is 0 Å². The number of hydrogen-bond acceptors (Lipinski definition) is 5. The number of carbonyl (C=O) groups excluding carboxylic acids is 1. The smallest absolute Gasteiger partial charge is 0.338 e. The van der Waals surface area contributed by atoms with Crippen LogP contribution in [-0.4, -0.2) is 31.1 Å². The first-order chi connectivity index (χ1) is 13.0. The van der Waals surface area contributed by atoms with Crippen molar-refractivity contribution in [2.75, 3.05) is 6.54 Å². The zero-order chi connectivity index (χ0) is 21.5. The van der Waals surface area contributed by atoms with Gasteiger partial charge in [0.15, 0.2) is 0 Å². The number of nitro groups is 1. The van der Waals surface area contributed by atoms with Crippen LogP contribution in [0, 0.1) is 10.1 Å². The lowest BCUT2D eigenvalue weighted by atomic mass is 9.99. The fraction of sp³-hybridized carbons (Fsp3) is 0.619. The van der Waals surface area contributed by atoms with Crippen LogP contribution in [0.4, 0.5) is 0 Å². The molecule has 0 saturated heterocycles. The summed E-state index contributed by atoms with van der Waals surface area (Å²) in [6.07, 6.45) is 0. The van der Waals surface area contributed by atoms with E-state index in [4.69, 9.17) is 4.74 Å². The van der Waals surface area contributed by atoms with Crippen molar-refractivity contribution in [2.45, 2.75) is 78.1 Å². The number of carbonyl (C=O) groups is 1. The number of nitrogens with zero attached hydrogens (tertiary/aromatic N) is 1. The highest BCUT2D eigenvalue weighted by molar-refractivity contribution is 7.10. The Morgan fingerprint density at radius 2 is 1.86 bits per heavy atom. The maximum Gasteiger partial charge on any atom is 0.338 e. The van der Waals surface area contributed by atoms with E-state index in [9.17, 15) is 14.9 Å². The maximum absolute atomic E-state index is 13.1. The molecule has 0 bridgehead atoms. The maximum atomic E-state index is 13.1. The number of hydrogen-bond donors (Lipinski definition) is 0. The first kappa shape index (κ1) is 24.3. The largest absolute Gasteiger partial charge is 0.456 e. The lowest BCUT2D eigenvalue weighted by Crippen LogP contribution is -2.40. The standard InChI is InChI=1S/C21H33NO4SSi/c1-8-28(9-2,10-3)19(20(23)26-21(5,6)7)14-16(4)17(15-22(24)25)18-12-11-13-27-18/h11-13,17H,8-10,15H2,1-7H3/t14?,17-/m1/s1. The van der Waals surface area contributed by atoms with E-state index in [0.717, 1.165) is 28.6 Å². The van der Waals surface area contributed by atoms with Gasteiger partial charge < -0.3 is 4.74 Å². The normalized spacial score (nSPS) is 12.8. The summed E-state index contributed by atoms with van der Waals surface area (Å²) in [6, 6.07) is 6.53. The first-order valence-corrected chi connectivity index (χ1v) is 13.4. The van der Waals surface area contributed by atoms with Crippen LogP contribution in [0.3, 0.4) is 0 Å². The summed E-state index contributed by atoms with van der Waals surface area (Å²) in [5.41, 5.74) is 3.48. The summed E-state index contributed by atoms with van der Waals surface area (Å²) in [4.78, 5) is 25.0. The van der Waals surface area contributed by atoms with Crippen LogP contribution in [0.2, 0.25) is 18.1 Å². The predicted molar refractivity (Wildman–Crippen MR) is 118 cm³/mol. The molecule has 1 aromatic heterocycles. The van der Waals surface area contributed by atoms with Gasteiger partial charge in [-0.25, -0.2) is 4.79 Å². The fourth-order valence-electron chi connectivity index (χ4n) is 3.37. The molecule has 0 fully saturated rings. The monoisotopic (exact) mass is 423 g/mol. The van der Waals surface area contributed by atoms with Crippen molar-refractivity contribution < 1.29 is 14.5 Å². The highest BCUT2D eigenvalue weighted by Crippen LogP contribution is 2.33. The van der Waals surface area contributed by atoms with Gasteiger partial charge in [-0.3, -0.25) is 10.1 Å². The molecule has 0 saturated carbocycles. The van der Waals surface area contributed by atoms with Crippen LogP contribution in [0.1, 0.15) is 59.3 Å².